The van der Waals surface area contributed by atoms with E-state index in [0.717, 1.165) is 45.4 Å². The molecule has 7 heteroatoms. The fraction of sp³-hybridized carbons (Fsp3) is 0.348. The maximum Gasteiger partial charge on any atom is 0.197 e. The summed E-state index contributed by atoms with van der Waals surface area (Å²) < 4.78 is 8.18. The molecule has 30 heavy (non-hydrogen) atoms. The molecule has 0 spiro atoms. The summed E-state index contributed by atoms with van der Waals surface area (Å²) in [5.74, 6) is 1.84. The van der Waals surface area contributed by atoms with Crippen LogP contribution >= 0.6 is 23.1 Å². The van der Waals surface area contributed by atoms with E-state index in [4.69, 9.17) is 9.72 Å². The van der Waals surface area contributed by atoms with E-state index >= 15 is 0 Å². The number of ether oxygens (including phenoxy) is 1. The molecule has 0 aliphatic carbocycles. The number of rotatable bonds is 5. The maximum atomic E-state index is 6.03. The third-order valence-corrected chi connectivity index (χ3v) is 7.33. The molecule has 0 atom stereocenters. The third kappa shape index (κ3) is 3.55. The fourth-order valence-electron chi connectivity index (χ4n) is 3.88. The van der Waals surface area contributed by atoms with Crippen molar-refractivity contribution in [2.75, 3.05) is 5.75 Å². The van der Waals surface area contributed by atoms with Crippen molar-refractivity contribution in [1.82, 2.24) is 19.6 Å². The molecule has 0 bridgehead atoms. The van der Waals surface area contributed by atoms with E-state index < -0.39 is 0 Å². The monoisotopic (exact) mass is 436 g/mol. The molecule has 0 saturated carbocycles. The summed E-state index contributed by atoms with van der Waals surface area (Å²) in [4.78, 5) is 7.33. The summed E-state index contributed by atoms with van der Waals surface area (Å²) in [6.07, 6.45) is 6.03. The molecule has 0 fully saturated rings. The largest absolute Gasteiger partial charge is 0.370 e. The second-order valence-electron chi connectivity index (χ2n) is 8.06. The van der Waals surface area contributed by atoms with Crippen molar-refractivity contribution in [1.29, 1.82) is 0 Å². The quantitative estimate of drug-likeness (QED) is 0.384. The minimum absolute atomic E-state index is 0.165. The van der Waals surface area contributed by atoms with E-state index in [1.807, 2.05) is 6.07 Å². The average molecular weight is 437 g/mol. The first kappa shape index (κ1) is 19.7. The molecule has 1 aromatic carbocycles. The van der Waals surface area contributed by atoms with Gasteiger partial charge in [-0.1, -0.05) is 61.2 Å². The highest BCUT2D eigenvalue weighted by atomic mass is 32.2. The Bertz CT molecular complexity index is 1240. The van der Waals surface area contributed by atoms with Gasteiger partial charge >= 0.3 is 0 Å². The van der Waals surface area contributed by atoms with Gasteiger partial charge in [0, 0.05) is 23.5 Å². The van der Waals surface area contributed by atoms with Crippen LogP contribution in [0, 0.1) is 0 Å². The van der Waals surface area contributed by atoms with Crippen molar-refractivity contribution >= 4 is 45.0 Å². The number of hydrogen-bond donors (Lipinski definition) is 0. The number of thioether (sulfide) groups is 1. The minimum Gasteiger partial charge on any atom is -0.370 e. The lowest BCUT2D eigenvalue weighted by Gasteiger charge is -2.30. The van der Waals surface area contributed by atoms with Crippen LogP contribution in [0.3, 0.4) is 0 Å². The van der Waals surface area contributed by atoms with Gasteiger partial charge in [-0.15, -0.1) is 21.5 Å². The lowest BCUT2D eigenvalue weighted by atomic mass is 9.94. The predicted molar refractivity (Wildman–Crippen MR) is 124 cm³/mol. The van der Waals surface area contributed by atoms with Crippen LogP contribution in [0.15, 0.2) is 41.6 Å². The van der Waals surface area contributed by atoms with Gasteiger partial charge in [-0.05, 0) is 25.0 Å². The topological polar surface area (TPSA) is 52.3 Å². The average Bonchev–Trinajstić information content (AvgIpc) is 3.31. The molecular formula is C23H24N4OS2. The van der Waals surface area contributed by atoms with E-state index in [1.54, 1.807) is 23.1 Å². The van der Waals surface area contributed by atoms with E-state index in [2.05, 4.69) is 71.8 Å². The Kier molecular flexibility index (Phi) is 5.13. The number of nitrogens with zero attached hydrogens (tertiary/aromatic N) is 4. The van der Waals surface area contributed by atoms with E-state index in [0.29, 0.717) is 6.61 Å². The molecule has 0 amide bonds. The summed E-state index contributed by atoms with van der Waals surface area (Å²) in [7, 11) is 0. The number of thiophene rings is 1. The first-order valence-electron chi connectivity index (χ1n) is 10.2. The highest BCUT2D eigenvalue weighted by Crippen LogP contribution is 2.40. The van der Waals surface area contributed by atoms with Crippen LogP contribution in [0.1, 0.15) is 42.6 Å². The van der Waals surface area contributed by atoms with Gasteiger partial charge in [0.1, 0.15) is 10.7 Å². The van der Waals surface area contributed by atoms with Crippen molar-refractivity contribution in [3.63, 3.8) is 0 Å². The van der Waals surface area contributed by atoms with Gasteiger partial charge in [0.25, 0.3) is 0 Å². The molecule has 0 N–H and O–H groups in total. The first-order valence-corrected chi connectivity index (χ1v) is 12.0. The maximum absolute atomic E-state index is 6.03. The normalized spacial score (nSPS) is 16.0. The zero-order chi connectivity index (χ0) is 20.7. The standard InChI is InChI=1S/C23H24N4OS2/c1-4-18-24-21-19(16-13-23(2,3)28-14-17(16)30-21)20-25-26-22(27(18)20)29-12-8-11-15-9-6-5-7-10-15/h5-11H,4,12-14H2,1-3H3/b11-8+. The zero-order valence-corrected chi connectivity index (χ0v) is 19.0. The van der Waals surface area contributed by atoms with Crippen molar-refractivity contribution in [3.8, 4) is 0 Å². The van der Waals surface area contributed by atoms with E-state index in [-0.39, 0.29) is 5.60 Å². The van der Waals surface area contributed by atoms with Crippen LogP contribution < -0.4 is 0 Å². The van der Waals surface area contributed by atoms with Gasteiger partial charge in [0.05, 0.1) is 17.6 Å². The van der Waals surface area contributed by atoms with Crippen molar-refractivity contribution in [2.45, 2.75) is 51.0 Å². The van der Waals surface area contributed by atoms with E-state index in [1.165, 1.54) is 16.0 Å². The van der Waals surface area contributed by atoms with Crippen LogP contribution in [-0.4, -0.2) is 30.9 Å². The molecule has 4 aromatic rings. The second kappa shape index (κ2) is 7.80. The molecular weight excluding hydrogens is 412 g/mol. The van der Waals surface area contributed by atoms with Gasteiger partial charge in [0.2, 0.25) is 0 Å². The molecule has 5 nitrogen and oxygen atoms in total. The van der Waals surface area contributed by atoms with Crippen molar-refractivity contribution < 1.29 is 4.74 Å². The van der Waals surface area contributed by atoms with Gasteiger partial charge in [-0.2, -0.15) is 0 Å². The fourth-order valence-corrected chi connectivity index (χ4v) is 5.76. The highest BCUT2D eigenvalue weighted by Gasteiger charge is 2.31. The smallest absolute Gasteiger partial charge is 0.197 e. The van der Waals surface area contributed by atoms with Gasteiger partial charge in [-0.3, -0.25) is 4.40 Å². The number of fused-ring (bicyclic) bond motifs is 5. The van der Waals surface area contributed by atoms with Gasteiger partial charge < -0.3 is 4.74 Å². The van der Waals surface area contributed by atoms with Gasteiger partial charge in [-0.25, -0.2) is 4.98 Å². The van der Waals surface area contributed by atoms with Crippen LogP contribution in [0.2, 0.25) is 0 Å². The Labute approximate surface area is 184 Å². The molecule has 0 saturated heterocycles. The second-order valence-corrected chi connectivity index (χ2v) is 10.1. The molecule has 5 rings (SSSR count). The molecule has 1 aliphatic heterocycles. The van der Waals surface area contributed by atoms with Crippen LogP contribution in [0.5, 0.6) is 0 Å². The molecule has 0 unspecified atom stereocenters. The van der Waals surface area contributed by atoms with Crippen LogP contribution in [-0.2, 0) is 24.2 Å². The van der Waals surface area contributed by atoms with E-state index in [9.17, 15) is 0 Å². The predicted octanol–water partition coefficient (Wildman–Crippen LogP) is 5.56. The third-order valence-electron chi connectivity index (χ3n) is 5.35. The first-order chi connectivity index (χ1) is 14.6. The Morgan fingerprint density at radius 3 is 2.87 bits per heavy atom. The summed E-state index contributed by atoms with van der Waals surface area (Å²) in [6, 6.07) is 10.3. The molecule has 4 heterocycles. The Balaban J connectivity index is 1.52. The Morgan fingerprint density at radius 2 is 2.07 bits per heavy atom. The number of aryl methyl sites for hydroxylation is 1. The summed E-state index contributed by atoms with van der Waals surface area (Å²) >= 11 is 3.43. The summed E-state index contributed by atoms with van der Waals surface area (Å²) in [5.41, 5.74) is 3.30. The van der Waals surface area contributed by atoms with Crippen molar-refractivity contribution in [3.05, 3.63) is 58.2 Å². The molecule has 154 valence electrons. The number of hydrogen-bond acceptors (Lipinski definition) is 6. The van der Waals surface area contributed by atoms with Crippen molar-refractivity contribution in [2.24, 2.45) is 0 Å². The van der Waals surface area contributed by atoms with Crippen LogP contribution in [0.25, 0.3) is 21.9 Å². The lowest BCUT2D eigenvalue weighted by Crippen LogP contribution is -2.31. The molecule has 0 radical (unpaired) electrons. The van der Waals surface area contributed by atoms with Crippen LogP contribution in [0.4, 0.5) is 0 Å². The number of aromatic nitrogens is 4. The minimum atomic E-state index is -0.165. The molecule has 3 aromatic heterocycles. The summed E-state index contributed by atoms with van der Waals surface area (Å²) in [6.45, 7) is 7.08. The lowest BCUT2D eigenvalue weighted by molar-refractivity contribution is -0.0379. The SMILES string of the molecule is CCc1nc2sc3c(c2c2nnc(SC/C=C/c4ccccc4)n12)CC(C)(C)OC3. The Hall–Kier alpha value is -2.22. The molecule has 1 aliphatic rings. The number of benzene rings is 1. The van der Waals surface area contributed by atoms with Gasteiger partial charge in [0.15, 0.2) is 10.8 Å². The Morgan fingerprint density at radius 1 is 1.23 bits per heavy atom. The highest BCUT2D eigenvalue weighted by molar-refractivity contribution is 7.99. The zero-order valence-electron chi connectivity index (χ0n) is 17.4. The summed E-state index contributed by atoms with van der Waals surface area (Å²) in [5, 5.41) is 11.2.